The van der Waals surface area contributed by atoms with E-state index in [0.717, 1.165) is 33.3 Å². The molecule has 162 valence electrons. The highest BCUT2D eigenvalue weighted by molar-refractivity contribution is 5.91. The van der Waals surface area contributed by atoms with Crippen LogP contribution in [0.5, 0.6) is 5.75 Å². The molecule has 0 bridgehead atoms. The molecule has 4 aromatic carbocycles. The van der Waals surface area contributed by atoms with Crippen molar-refractivity contribution >= 4 is 17.0 Å². The van der Waals surface area contributed by atoms with Crippen molar-refractivity contribution in [2.45, 2.75) is 20.4 Å². The lowest BCUT2D eigenvalue weighted by Crippen LogP contribution is -2.10. The van der Waals surface area contributed by atoms with E-state index in [9.17, 15) is 4.79 Å². The molecule has 0 saturated carbocycles. The fourth-order valence-corrected chi connectivity index (χ4v) is 3.88. The minimum Gasteiger partial charge on any atom is -0.423 e. The van der Waals surface area contributed by atoms with Gasteiger partial charge in [0.1, 0.15) is 11.3 Å². The monoisotopic (exact) mass is 433 g/mol. The number of aromatic nitrogens is 3. The van der Waals surface area contributed by atoms with Crippen LogP contribution in [0.25, 0.3) is 22.2 Å². The van der Waals surface area contributed by atoms with Crippen LogP contribution in [0.3, 0.4) is 0 Å². The van der Waals surface area contributed by atoms with Crippen LogP contribution in [0, 0.1) is 13.8 Å². The minimum absolute atomic E-state index is 0.376. The van der Waals surface area contributed by atoms with Gasteiger partial charge < -0.3 is 4.74 Å². The molecule has 0 saturated heterocycles. The maximum absolute atomic E-state index is 12.7. The maximum atomic E-state index is 12.7. The van der Waals surface area contributed by atoms with Gasteiger partial charge in [0.05, 0.1) is 17.6 Å². The summed E-state index contributed by atoms with van der Waals surface area (Å²) in [6.07, 6.45) is 0. The Balaban J connectivity index is 1.29. The average molecular weight is 434 g/mol. The number of hydrogen-bond donors (Lipinski definition) is 0. The second-order valence-electron chi connectivity index (χ2n) is 8.17. The molecule has 0 aliphatic rings. The number of nitrogens with zero attached hydrogens (tertiary/aromatic N) is 3. The zero-order valence-electron chi connectivity index (χ0n) is 18.5. The van der Waals surface area contributed by atoms with Gasteiger partial charge in [-0.1, -0.05) is 65.4 Å². The van der Waals surface area contributed by atoms with Crippen LogP contribution in [0.1, 0.15) is 27.0 Å². The van der Waals surface area contributed by atoms with E-state index in [0.29, 0.717) is 17.9 Å². The van der Waals surface area contributed by atoms with E-state index in [1.165, 1.54) is 5.56 Å². The van der Waals surface area contributed by atoms with Gasteiger partial charge in [-0.05, 0) is 72.5 Å². The van der Waals surface area contributed by atoms with Gasteiger partial charge in [-0.2, -0.15) is 0 Å². The Kier molecular flexibility index (Phi) is 5.45. The number of ether oxygens (including phenoxy) is 1. The van der Waals surface area contributed by atoms with E-state index in [-0.39, 0.29) is 5.97 Å². The summed E-state index contributed by atoms with van der Waals surface area (Å²) < 4.78 is 7.53. The largest absolute Gasteiger partial charge is 0.423 e. The highest BCUT2D eigenvalue weighted by Crippen LogP contribution is 2.27. The Morgan fingerprint density at radius 1 is 0.848 bits per heavy atom. The number of rotatable bonds is 5. The van der Waals surface area contributed by atoms with Gasteiger partial charge in [0, 0.05) is 0 Å². The molecule has 5 aromatic rings. The van der Waals surface area contributed by atoms with Crippen molar-refractivity contribution in [3.63, 3.8) is 0 Å². The first-order valence-corrected chi connectivity index (χ1v) is 10.8. The molecule has 0 aliphatic carbocycles. The van der Waals surface area contributed by atoms with E-state index >= 15 is 0 Å². The van der Waals surface area contributed by atoms with Gasteiger partial charge in [0.2, 0.25) is 0 Å². The number of esters is 1. The second-order valence-corrected chi connectivity index (χ2v) is 8.17. The van der Waals surface area contributed by atoms with Crippen molar-refractivity contribution in [2.24, 2.45) is 0 Å². The standard InChI is InChI=1S/C28H23N3O2/c1-19-6-5-7-23(16-19)24-14-15-27(20(2)17-24)33-28(32)22-12-10-21(11-13-22)18-31-26-9-4-3-8-25(26)29-30-31/h3-17H,18H2,1-2H3. The lowest BCUT2D eigenvalue weighted by Gasteiger charge is -2.10. The third kappa shape index (κ3) is 4.39. The summed E-state index contributed by atoms with van der Waals surface area (Å²) in [4.78, 5) is 12.7. The van der Waals surface area contributed by atoms with Gasteiger partial charge in [-0.15, -0.1) is 5.10 Å². The minimum atomic E-state index is -0.376. The molecule has 33 heavy (non-hydrogen) atoms. The molecule has 0 radical (unpaired) electrons. The molecule has 1 heterocycles. The summed E-state index contributed by atoms with van der Waals surface area (Å²) in [5.74, 6) is 0.189. The topological polar surface area (TPSA) is 57.0 Å². The Morgan fingerprint density at radius 3 is 2.42 bits per heavy atom. The lowest BCUT2D eigenvalue weighted by atomic mass is 10.0. The third-order valence-corrected chi connectivity index (χ3v) is 5.67. The molecule has 1 aromatic heterocycles. The van der Waals surface area contributed by atoms with Crippen molar-refractivity contribution < 1.29 is 9.53 Å². The quantitative estimate of drug-likeness (QED) is 0.253. The third-order valence-electron chi connectivity index (χ3n) is 5.67. The second kappa shape index (κ2) is 8.71. The van der Waals surface area contributed by atoms with Crippen LogP contribution in [0.15, 0.2) is 91.0 Å². The fourth-order valence-electron chi connectivity index (χ4n) is 3.88. The summed E-state index contributed by atoms with van der Waals surface area (Å²) in [7, 11) is 0. The number of carbonyl (C=O) groups excluding carboxylic acids is 1. The lowest BCUT2D eigenvalue weighted by molar-refractivity contribution is 0.0733. The molecule has 0 fully saturated rings. The summed E-state index contributed by atoms with van der Waals surface area (Å²) >= 11 is 0. The molecule has 0 spiro atoms. The van der Waals surface area contributed by atoms with Crippen molar-refractivity contribution in [1.82, 2.24) is 15.0 Å². The van der Waals surface area contributed by atoms with Crippen molar-refractivity contribution in [2.75, 3.05) is 0 Å². The molecule has 5 nitrogen and oxygen atoms in total. The molecule has 0 amide bonds. The maximum Gasteiger partial charge on any atom is 0.343 e. The normalized spacial score (nSPS) is 11.0. The highest BCUT2D eigenvalue weighted by atomic mass is 16.5. The number of benzene rings is 4. The number of aryl methyl sites for hydroxylation is 2. The van der Waals surface area contributed by atoms with Crippen LogP contribution in [-0.4, -0.2) is 21.0 Å². The Morgan fingerprint density at radius 2 is 1.64 bits per heavy atom. The zero-order valence-corrected chi connectivity index (χ0v) is 18.5. The van der Waals surface area contributed by atoms with Gasteiger partial charge in [0.25, 0.3) is 0 Å². The smallest absolute Gasteiger partial charge is 0.343 e. The molecule has 0 aliphatic heterocycles. The Hall–Kier alpha value is -4.25. The van der Waals surface area contributed by atoms with E-state index < -0.39 is 0 Å². The van der Waals surface area contributed by atoms with E-state index in [1.807, 2.05) is 72.3 Å². The van der Waals surface area contributed by atoms with Crippen LogP contribution < -0.4 is 4.74 Å². The van der Waals surface area contributed by atoms with Crippen LogP contribution >= 0.6 is 0 Å². The number of hydrogen-bond acceptors (Lipinski definition) is 4. The predicted octanol–water partition coefficient (Wildman–Crippen LogP) is 5.98. The van der Waals surface area contributed by atoms with E-state index in [1.54, 1.807) is 12.1 Å². The Bertz CT molecular complexity index is 1450. The average Bonchev–Trinajstić information content (AvgIpc) is 3.23. The van der Waals surface area contributed by atoms with Crippen molar-refractivity contribution in [1.29, 1.82) is 0 Å². The summed E-state index contributed by atoms with van der Waals surface area (Å²) in [5.41, 5.74) is 7.74. The molecular formula is C28H23N3O2. The van der Waals surface area contributed by atoms with Crippen molar-refractivity contribution in [3.05, 3.63) is 113 Å². The molecule has 5 rings (SSSR count). The summed E-state index contributed by atoms with van der Waals surface area (Å²) in [6.45, 7) is 4.61. The molecule has 0 unspecified atom stereocenters. The molecule has 5 heteroatoms. The first kappa shape index (κ1) is 20.6. The molecule has 0 N–H and O–H groups in total. The summed E-state index contributed by atoms with van der Waals surface area (Å²) in [5, 5.41) is 8.41. The highest BCUT2D eigenvalue weighted by Gasteiger charge is 2.12. The number of para-hydroxylation sites is 1. The summed E-state index contributed by atoms with van der Waals surface area (Å²) in [6, 6.07) is 29.5. The van der Waals surface area contributed by atoms with Gasteiger partial charge in [0.15, 0.2) is 0 Å². The van der Waals surface area contributed by atoms with Crippen LogP contribution in [0.4, 0.5) is 0 Å². The zero-order chi connectivity index (χ0) is 22.8. The molecular weight excluding hydrogens is 410 g/mol. The fraction of sp³-hybridized carbons (Fsp3) is 0.107. The molecule has 0 atom stereocenters. The van der Waals surface area contributed by atoms with E-state index in [2.05, 4.69) is 35.4 Å². The number of fused-ring (bicyclic) bond motifs is 1. The van der Waals surface area contributed by atoms with E-state index in [4.69, 9.17) is 4.74 Å². The van der Waals surface area contributed by atoms with Gasteiger partial charge in [-0.3, -0.25) is 0 Å². The number of carbonyl (C=O) groups is 1. The van der Waals surface area contributed by atoms with Crippen LogP contribution in [0.2, 0.25) is 0 Å². The Labute approximate surface area is 192 Å². The van der Waals surface area contributed by atoms with Gasteiger partial charge >= 0.3 is 5.97 Å². The van der Waals surface area contributed by atoms with Gasteiger partial charge in [-0.25, -0.2) is 9.48 Å². The first-order chi connectivity index (χ1) is 16.1. The predicted molar refractivity (Wildman–Crippen MR) is 129 cm³/mol. The van der Waals surface area contributed by atoms with Crippen molar-refractivity contribution in [3.8, 4) is 16.9 Å². The SMILES string of the molecule is Cc1cccc(-c2ccc(OC(=O)c3ccc(Cn4nnc5ccccc54)cc3)c(C)c2)c1. The van der Waals surface area contributed by atoms with Crippen LogP contribution in [-0.2, 0) is 6.54 Å². The first-order valence-electron chi connectivity index (χ1n) is 10.8.